The van der Waals surface area contributed by atoms with Crippen LogP contribution in [-0.4, -0.2) is 42.4 Å². The van der Waals surface area contributed by atoms with Crippen LogP contribution in [0, 0.1) is 11.3 Å². The molecule has 1 aliphatic rings. The van der Waals surface area contributed by atoms with Crippen molar-refractivity contribution in [2.24, 2.45) is 0 Å². The number of rotatable bonds is 7. The third kappa shape index (κ3) is 5.79. The quantitative estimate of drug-likeness (QED) is 0.654. The number of nitriles is 1. The Labute approximate surface area is 184 Å². The lowest BCUT2D eigenvalue weighted by Gasteiger charge is -2.26. The summed E-state index contributed by atoms with van der Waals surface area (Å²) in [5.74, 6) is 0. The lowest BCUT2D eigenvalue weighted by Crippen LogP contribution is -2.35. The lowest BCUT2D eigenvalue weighted by molar-refractivity contribution is 0.346. The van der Waals surface area contributed by atoms with Crippen molar-refractivity contribution in [3.63, 3.8) is 0 Å². The van der Waals surface area contributed by atoms with E-state index in [0.717, 1.165) is 24.8 Å². The van der Waals surface area contributed by atoms with Gasteiger partial charge in [0, 0.05) is 31.9 Å². The van der Waals surface area contributed by atoms with E-state index < -0.39 is 10.0 Å². The molecule has 1 N–H and O–H groups in total. The number of nitrogens with one attached hydrogen (secondary N) is 1. The molecule has 1 fully saturated rings. The molecule has 3 rings (SSSR count). The maximum atomic E-state index is 12.8. The van der Waals surface area contributed by atoms with Gasteiger partial charge in [0.25, 0.3) is 0 Å². The van der Waals surface area contributed by atoms with Crippen LogP contribution in [-0.2, 0) is 16.6 Å². The second-order valence-corrected chi connectivity index (χ2v) is 9.56. The minimum Gasteiger partial charge on any atom is -0.344 e. The summed E-state index contributed by atoms with van der Waals surface area (Å²) in [7, 11) is -3.45. The van der Waals surface area contributed by atoms with E-state index in [0.29, 0.717) is 48.3 Å². The molecule has 0 saturated carbocycles. The van der Waals surface area contributed by atoms with Gasteiger partial charge in [-0.3, -0.25) is 0 Å². The van der Waals surface area contributed by atoms with Crippen molar-refractivity contribution < 1.29 is 8.42 Å². The Balaban J connectivity index is 1.68. The fraction of sp³-hybridized carbons (Fsp3) is 0.364. The molecule has 0 amide bonds. The number of anilines is 1. The monoisotopic (exact) mass is 442 g/mol. The topological polar surface area (TPSA) is 76.4 Å². The zero-order valence-electron chi connectivity index (χ0n) is 16.8. The first-order valence-electron chi connectivity index (χ1n) is 10.1. The number of sulfonamides is 1. The van der Waals surface area contributed by atoms with Crippen LogP contribution in [0.5, 0.6) is 0 Å². The fourth-order valence-corrected chi connectivity index (χ4v) is 5.20. The van der Waals surface area contributed by atoms with E-state index in [9.17, 15) is 8.42 Å². The van der Waals surface area contributed by atoms with Crippen LogP contribution >= 0.6 is 12.2 Å². The van der Waals surface area contributed by atoms with Crippen LogP contribution in [0.2, 0.25) is 0 Å². The Morgan fingerprint density at radius 2 is 1.73 bits per heavy atom. The summed E-state index contributed by atoms with van der Waals surface area (Å²) in [6.07, 6.45) is 3.26. The Morgan fingerprint density at radius 1 is 1.07 bits per heavy atom. The second kappa shape index (κ2) is 10.5. The summed E-state index contributed by atoms with van der Waals surface area (Å²) < 4.78 is 27.1. The zero-order valence-corrected chi connectivity index (χ0v) is 18.5. The van der Waals surface area contributed by atoms with Crippen LogP contribution in [0.15, 0.2) is 59.5 Å². The molecule has 0 unspecified atom stereocenters. The van der Waals surface area contributed by atoms with Crippen LogP contribution < -0.4 is 5.32 Å². The molecule has 1 saturated heterocycles. The predicted octanol–water partition coefficient (Wildman–Crippen LogP) is 3.97. The van der Waals surface area contributed by atoms with Gasteiger partial charge >= 0.3 is 0 Å². The average Bonchev–Trinajstić information content (AvgIpc) is 2.78. The van der Waals surface area contributed by atoms with Gasteiger partial charge < -0.3 is 10.2 Å². The molecule has 2 aromatic rings. The first-order chi connectivity index (χ1) is 14.5. The van der Waals surface area contributed by atoms with Gasteiger partial charge in [0.1, 0.15) is 0 Å². The summed E-state index contributed by atoms with van der Waals surface area (Å²) in [4.78, 5) is 2.23. The second-order valence-electron chi connectivity index (χ2n) is 7.23. The minimum absolute atomic E-state index is 0.298. The Kier molecular flexibility index (Phi) is 7.80. The summed E-state index contributed by atoms with van der Waals surface area (Å²) >= 11 is 5.56. The molecular weight excluding hydrogens is 416 g/mol. The molecule has 0 atom stereocenters. The van der Waals surface area contributed by atoms with Crippen molar-refractivity contribution in [1.82, 2.24) is 9.21 Å². The Morgan fingerprint density at radius 3 is 2.37 bits per heavy atom. The number of piperidine rings is 1. The molecule has 0 spiro atoms. The van der Waals surface area contributed by atoms with Crippen LogP contribution in [0.4, 0.5) is 5.69 Å². The predicted molar refractivity (Wildman–Crippen MR) is 122 cm³/mol. The van der Waals surface area contributed by atoms with E-state index in [1.165, 1.54) is 0 Å². The maximum absolute atomic E-state index is 12.8. The van der Waals surface area contributed by atoms with Crippen molar-refractivity contribution in [3.8, 4) is 6.07 Å². The normalized spacial score (nSPS) is 14.6. The van der Waals surface area contributed by atoms with E-state index in [2.05, 4.69) is 11.4 Å². The summed E-state index contributed by atoms with van der Waals surface area (Å²) in [6.45, 7) is 2.27. The van der Waals surface area contributed by atoms with Gasteiger partial charge in [0.2, 0.25) is 10.0 Å². The SMILES string of the molecule is N#CCCN(Cc1ccccc1)C(=S)Nc1ccc(S(=O)(=O)N2CCCCC2)cc1. The van der Waals surface area contributed by atoms with Crippen molar-refractivity contribution >= 4 is 33.0 Å². The highest BCUT2D eigenvalue weighted by atomic mass is 32.2. The summed E-state index contributed by atoms with van der Waals surface area (Å²) in [5, 5.41) is 12.6. The van der Waals surface area contributed by atoms with Crippen molar-refractivity contribution in [2.75, 3.05) is 25.0 Å². The van der Waals surface area contributed by atoms with Crippen LogP contribution in [0.25, 0.3) is 0 Å². The molecule has 6 nitrogen and oxygen atoms in total. The number of hydrogen-bond acceptors (Lipinski definition) is 4. The number of hydrogen-bond donors (Lipinski definition) is 1. The molecule has 0 aromatic heterocycles. The highest BCUT2D eigenvalue weighted by molar-refractivity contribution is 7.89. The summed E-state index contributed by atoms with van der Waals surface area (Å²) in [6, 6.07) is 18.8. The van der Waals surface area contributed by atoms with E-state index in [4.69, 9.17) is 17.5 Å². The standard InChI is InChI=1S/C22H26N4O2S2/c23-14-7-15-25(18-19-8-3-1-4-9-19)22(29)24-20-10-12-21(13-11-20)30(27,28)26-16-5-2-6-17-26/h1,3-4,8-13H,2,5-7,15-18H2,(H,24,29). The van der Waals surface area contributed by atoms with E-state index in [-0.39, 0.29) is 0 Å². The Hall–Kier alpha value is -2.47. The molecule has 30 heavy (non-hydrogen) atoms. The van der Waals surface area contributed by atoms with E-state index in [1.807, 2.05) is 35.2 Å². The number of thiocarbonyl (C=S) groups is 1. The van der Waals surface area contributed by atoms with Gasteiger partial charge in [0.05, 0.1) is 17.4 Å². The Bertz CT molecular complexity index is 980. The van der Waals surface area contributed by atoms with Gasteiger partial charge in [-0.2, -0.15) is 9.57 Å². The molecule has 0 aliphatic carbocycles. The minimum atomic E-state index is -3.45. The van der Waals surface area contributed by atoms with Gasteiger partial charge in [-0.15, -0.1) is 0 Å². The van der Waals surface area contributed by atoms with Gasteiger partial charge in [-0.05, 0) is 54.9 Å². The average molecular weight is 443 g/mol. The smallest absolute Gasteiger partial charge is 0.243 e. The molecule has 0 bridgehead atoms. The third-order valence-corrected chi connectivity index (χ3v) is 7.33. The highest BCUT2D eigenvalue weighted by Crippen LogP contribution is 2.22. The van der Waals surface area contributed by atoms with Crippen molar-refractivity contribution in [2.45, 2.75) is 37.1 Å². The third-order valence-electron chi connectivity index (χ3n) is 5.06. The molecule has 158 valence electrons. The molecule has 2 aromatic carbocycles. The fourth-order valence-electron chi connectivity index (χ4n) is 3.41. The molecule has 1 heterocycles. The van der Waals surface area contributed by atoms with Crippen LogP contribution in [0.3, 0.4) is 0 Å². The van der Waals surface area contributed by atoms with Gasteiger partial charge in [-0.25, -0.2) is 8.42 Å². The molecule has 1 aliphatic heterocycles. The number of nitrogens with zero attached hydrogens (tertiary/aromatic N) is 3. The van der Waals surface area contributed by atoms with Gasteiger partial charge in [0.15, 0.2) is 5.11 Å². The first kappa shape index (κ1) is 22.2. The van der Waals surface area contributed by atoms with Crippen LogP contribution in [0.1, 0.15) is 31.2 Å². The molecular formula is C22H26N4O2S2. The maximum Gasteiger partial charge on any atom is 0.243 e. The van der Waals surface area contributed by atoms with Crippen molar-refractivity contribution in [3.05, 3.63) is 60.2 Å². The first-order valence-corrected chi connectivity index (χ1v) is 11.9. The lowest BCUT2D eigenvalue weighted by atomic mass is 10.2. The van der Waals surface area contributed by atoms with Gasteiger partial charge in [-0.1, -0.05) is 36.8 Å². The van der Waals surface area contributed by atoms with E-state index in [1.54, 1.807) is 28.6 Å². The summed E-state index contributed by atoms with van der Waals surface area (Å²) in [5.41, 5.74) is 1.81. The molecule has 0 radical (unpaired) electrons. The highest BCUT2D eigenvalue weighted by Gasteiger charge is 2.25. The van der Waals surface area contributed by atoms with Crippen molar-refractivity contribution in [1.29, 1.82) is 5.26 Å². The molecule has 8 heteroatoms. The van der Waals surface area contributed by atoms with E-state index >= 15 is 0 Å². The zero-order chi connectivity index (χ0) is 21.4. The number of benzene rings is 2. The largest absolute Gasteiger partial charge is 0.344 e.